The predicted molar refractivity (Wildman–Crippen MR) is 69.9 cm³/mol. The van der Waals surface area contributed by atoms with Crippen molar-refractivity contribution in [2.24, 2.45) is 7.05 Å². The van der Waals surface area contributed by atoms with Crippen LogP contribution >= 0.6 is 11.3 Å². The lowest BCUT2D eigenvalue weighted by atomic mass is 10.0. The average molecular weight is 248 g/mol. The average Bonchev–Trinajstić information content (AvgIpc) is 2.97. The van der Waals surface area contributed by atoms with Crippen molar-refractivity contribution in [3.05, 3.63) is 17.3 Å². The van der Waals surface area contributed by atoms with Gasteiger partial charge in [0.15, 0.2) is 11.0 Å². The molecule has 2 N–H and O–H groups in total. The van der Waals surface area contributed by atoms with Crippen LogP contribution in [0.1, 0.15) is 36.5 Å². The molecule has 1 saturated carbocycles. The van der Waals surface area contributed by atoms with Gasteiger partial charge in [-0.05, 0) is 18.8 Å². The Morgan fingerprint density at radius 1 is 1.41 bits per heavy atom. The molecule has 1 fully saturated rings. The summed E-state index contributed by atoms with van der Waals surface area (Å²) in [5, 5.41) is 0.657. The van der Waals surface area contributed by atoms with Crippen LogP contribution in [0.4, 0.5) is 5.13 Å². The van der Waals surface area contributed by atoms with Crippen LogP contribution in [0.25, 0.3) is 11.5 Å². The van der Waals surface area contributed by atoms with Crippen molar-refractivity contribution in [2.75, 3.05) is 5.73 Å². The van der Waals surface area contributed by atoms with Crippen molar-refractivity contribution in [3.63, 3.8) is 0 Å². The summed E-state index contributed by atoms with van der Waals surface area (Å²) in [4.78, 5) is 10.2. The molecule has 17 heavy (non-hydrogen) atoms. The third-order valence-corrected chi connectivity index (χ3v) is 4.48. The third-order valence-electron chi connectivity index (χ3n) is 3.43. The lowest BCUT2D eigenvalue weighted by Crippen LogP contribution is -1.97. The van der Waals surface area contributed by atoms with E-state index in [0.717, 1.165) is 11.5 Å². The maximum atomic E-state index is 5.87. The molecule has 0 saturated heterocycles. The predicted octanol–water partition coefficient (Wildman–Crippen LogP) is 2.78. The van der Waals surface area contributed by atoms with Gasteiger partial charge in [-0.25, -0.2) is 9.97 Å². The zero-order valence-electron chi connectivity index (χ0n) is 9.89. The van der Waals surface area contributed by atoms with Crippen LogP contribution in [0, 0.1) is 0 Å². The van der Waals surface area contributed by atoms with Crippen LogP contribution in [-0.2, 0) is 7.05 Å². The number of aryl methyl sites for hydroxylation is 1. The largest absolute Gasteiger partial charge is 0.375 e. The van der Waals surface area contributed by atoms with E-state index < -0.39 is 0 Å². The van der Waals surface area contributed by atoms with Gasteiger partial charge >= 0.3 is 0 Å². The Morgan fingerprint density at radius 2 is 2.18 bits per heavy atom. The van der Waals surface area contributed by atoms with Crippen LogP contribution in [0.2, 0.25) is 0 Å². The van der Waals surface area contributed by atoms with E-state index >= 15 is 0 Å². The number of nitrogens with zero attached hydrogens (tertiary/aromatic N) is 3. The fraction of sp³-hybridized carbons (Fsp3) is 0.500. The van der Waals surface area contributed by atoms with E-state index in [4.69, 9.17) is 5.73 Å². The van der Waals surface area contributed by atoms with Gasteiger partial charge in [-0.1, -0.05) is 12.8 Å². The molecule has 0 spiro atoms. The highest BCUT2D eigenvalue weighted by Gasteiger charge is 2.25. The molecule has 2 aromatic rings. The Hall–Kier alpha value is -1.36. The highest BCUT2D eigenvalue weighted by Crippen LogP contribution is 2.42. The summed E-state index contributed by atoms with van der Waals surface area (Å²) in [6.07, 6.45) is 8.93. The molecule has 0 radical (unpaired) electrons. The van der Waals surface area contributed by atoms with E-state index in [2.05, 4.69) is 9.97 Å². The first-order valence-electron chi connectivity index (χ1n) is 5.99. The molecule has 0 aliphatic heterocycles. The van der Waals surface area contributed by atoms with Crippen LogP contribution in [0.3, 0.4) is 0 Å². The normalized spacial score (nSPS) is 16.8. The molecular weight excluding hydrogens is 232 g/mol. The second kappa shape index (κ2) is 4.14. The van der Waals surface area contributed by atoms with Crippen LogP contribution in [0.15, 0.2) is 12.4 Å². The van der Waals surface area contributed by atoms with Crippen LogP contribution in [-0.4, -0.2) is 14.5 Å². The topological polar surface area (TPSA) is 56.7 Å². The minimum atomic E-state index is 0.636. The zero-order chi connectivity index (χ0) is 11.8. The maximum Gasteiger partial charge on any atom is 0.180 e. The summed E-state index contributed by atoms with van der Waals surface area (Å²) in [6.45, 7) is 0. The fourth-order valence-corrected chi connectivity index (χ4v) is 3.57. The number of nitrogens with two attached hydrogens (primary N) is 1. The van der Waals surface area contributed by atoms with E-state index in [0.29, 0.717) is 11.0 Å². The first kappa shape index (κ1) is 10.8. The quantitative estimate of drug-likeness (QED) is 0.889. The second-order valence-corrected chi connectivity index (χ2v) is 5.67. The standard InChI is InChI=1S/C12H16N4S/c1-16-7-6-14-11(16)9-10(17-12(13)15-9)8-4-2-3-5-8/h6-8H,2-5H2,1H3,(H2,13,15). The molecule has 1 aliphatic rings. The van der Waals surface area contributed by atoms with Crippen molar-refractivity contribution in [1.82, 2.24) is 14.5 Å². The van der Waals surface area contributed by atoms with Gasteiger partial charge < -0.3 is 10.3 Å². The van der Waals surface area contributed by atoms with Gasteiger partial charge in [0.1, 0.15) is 5.69 Å². The van der Waals surface area contributed by atoms with E-state index in [1.165, 1.54) is 30.6 Å². The summed E-state index contributed by atoms with van der Waals surface area (Å²) in [5.74, 6) is 1.57. The van der Waals surface area contributed by atoms with Crippen molar-refractivity contribution in [1.29, 1.82) is 0 Å². The van der Waals surface area contributed by atoms with Gasteiger partial charge in [-0.3, -0.25) is 0 Å². The molecule has 0 bridgehead atoms. The Morgan fingerprint density at radius 3 is 2.82 bits per heavy atom. The molecule has 3 rings (SSSR count). The number of imidazole rings is 1. The maximum absolute atomic E-state index is 5.87. The second-order valence-electron chi connectivity index (χ2n) is 4.61. The molecule has 2 aromatic heterocycles. The molecule has 90 valence electrons. The number of aromatic nitrogens is 3. The van der Waals surface area contributed by atoms with Crippen LogP contribution < -0.4 is 5.73 Å². The first-order valence-corrected chi connectivity index (χ1v) is 6.81. The highest BCUT2D eigenvalue weighted by molar-refractivity contribution is 7.15. The minimum Gasteiger partial charge on any atom is -0.375 e. The number of thiazole rings is 1. The summed E-state index contributed by atoms with van der Waals surface area (Å²) >= 11 is 1.63. The van der Waals surface area contributed by atoms with Gasteiger partial charge in [-0.15, -0.1) is 11.3 Å². The molecule has 4 nitrogen and oxygen atoms in total. The lowest BCUT2D eigenvalue weighted by molar-refractivity contribution is 0.735. The number of hydrogen-bond acceptors (Lipinski definition) is 4. The molecule has 5 heteroatoms. The van der Waals surface area contributed by atoms with Gasteiger partial charge in [0.25, 0.3) is 0 Å². The fourth-order valence-electron chi connectivity index (χ4n) is 2.57. The molecule has 0 aromatic carbocycles. The van der Waals surface area contributed by atoms with E-state index in [1.54, 1.807) is 11.3 Å². The van der Waals surface area contributed by atoms with Crippen molar-refractivity contribution >= 4 is 16.5 Å². The van der Waals surface area contributed by atoms with Crippen molar-refractivity contribution < 1.29 is 0 Å². The molecule has 0 atom stereocenters. The molecule has 1 aliphatic carbocycles. The van der Waals surface area contributed by atoms with Crippen LogP contribution in [0.5, 0.6) is 0 Å². The lowest BCUT2D eigenvalue weighted by Gasteiger charge is -2.08. The first-order chi connectivity index (χ1) is 8.25. The number of anilines is 1. The molecule has 2 heterocycles. The van der Waals surface area contributed by atoms with Gasteiger partial charge in [0.2, 0.25) is 0 Å². The van der Waals surface area contributed by atoms with E-state index in [1.807, 2.05) is 24.0 Å². The summed E-state index contributed by atoms with van der Waals surface area (Å²) < 4.78 is 2.01. The minimum absolute atomic E-state index is 0.636. The van der Waals surface area contributed by atoms with E-state index in [-0.39, 0.29) is 0 Å². The molecular formula is C12H16N4S. The zero-order valence-corrected chi connectivity index (χ0v) is 10.7. The van der Waals surface area contributed by atoms with Crippen molar-refractivity contribution in [2.45, 2.75) is 31.6 Å². The monoisotopic (exact) mass is 248 g/mol. The molecule has 0 unspecified atom stereocenters. The third kappa shape index (κ3) is 1.84. The summed E-state index contributed by atoms with van der Waals surface area (Å²) in [6, 6.07) is 0. The Labute approximate surface area is 105 Å². The summed E-state index contributed by atoms with van der Waals surface area (Å²) in [7, 11) is 2.00. The Kier molecular flexibility index (Phi) is 2.63. The molecule has 0 amide bonds. The van der Waals surface area contributed by atoms with Gasteiger partial charge in [-0.2, -0.15) is 0 Å². The smallest absolute Gasteiger partial charge is 0.180 e. The van der Waals surface area contributed by atoms with E-state index in [9.17, 15) is 0 Å². The number of hydrogen-bond donors (Lipinski definition) is 1. The van der Waals surface area contributed by atoms with Gasteiger partial charge in [0, 0.05) is 24.3 Å². The number of nitrogen functional groups attached to an aromatic ring is 1. The highest BCUT2D eigenvalue weighted by atomic mass is 32.1. The number of rotatable bonds is 2. The Bertz CT molecular complexity index is 522. The van der Waals surface area contributed by atoms with Gasteiger partial charge in [0.05, 0.1) is 0 Å². The van der Waals surface area contributed by atoms with Crippen molar-refractivity contribution in [3.8, 4) is 11.5 Å². The Balaban J connectivity index is 2.07. The summed E-state index contributed by atoms with van der Waals surface area (Å²) in [5.41, 5.74) is 6.87. The SMILES string of the molecule is Cn1ccnc1-c1nc(N)sc1C1CCCC1.